The molecule has 0 saturated carbocycles. The number of carbonyl (C=O) groups excluding carboxylic acids is 1. The Balaban J connectivity index is 1.18. The second-order valence-corrected chi connectivity index (χ2v) is 13.6. The Morgan fingerprint density at radius 3 is 2.05 bits per heavy atom. The lowest BCUT2D eigenvalue weighted by atomic mass is 9.96. The zero-order chi connectivity index (χ0) is 39.4. The summed E-state index contributed by atoms with van der Waals surface area (Å²) in [5, 5.41) is 23.3. The summed E-state index contributed by atoms with van der Waals surface area (Å²) < 4.78 is 25.7. The van der Waals surface area contributed by atoms with Gasteiger partial charge >= 0.3 is 5.97 Å². The first kappa shape index (κ1) is 38.1. The van der Waals surface area contributed by atoms with Gasteiger partial charge in [0.2, 0.25) is 0 Å². The average molecular weight is 750 g/mol. The number of nitrogens with zero attached hydrogens (tertiary/aromatic N) is 3. The molecule has 0 heterocycles. The van der Waals surface area contributed by atoms with Crippen molar-refractivity contribution in [2.45, 2.75) is 32.1 Å². The summed E-state index contributed by atoms with van der Waals surface area (Å²) in [6.45, 7) is 4.30. The average Bonchev–Trinajstić information content (AvgIpc) is 3.40. The predicted octanol–water partition coefficient (Wildman–Crippen LogP) is 11.8. The first-order valence-corrected chi connectivity index (χ1v) is 19.0. The highest BCUT2D eigenvalue weighted by molar-refractivity contribution is 5.98. The van der Waals surface area contributed by atoms with Gasteiger partial charge in [0.1, 0.15) is 16.9 Å². The number of benzene rings is 6. The molecular formula is C50H40FN3O3. The fraction of sp³-hybridized carbons (Fsp3) is 0.120. The van der Waals surface area contributed by atoms with Gasteiger partial charge in [0.05, 0.1) is 36.3 Å². The number of fused-ring (bicyclic) bond motifs is 2. The molecule has 7 aromatic rings. The fourth-order valence-corrected chi connectivity index (χ4v) is 6.85. The van der Waals surface area contributed by atoms with Gasteiger partial charge in [0.25, 0.3) is 0 Å². The highest BCUT2D eigenvalue weighted by atomic mass is 19.1. The number of hydrogen-bond acceptors (Lipinski definition) is 6. The van der Waals surface area contributed by atoms with E-state index in [0.29, 0.717) is 34.6 Å². The van der Waals surface area contributed by atoms with E-state index in [9.17, 15) is 9.18 Å². The van der Waals surface area contributed by atoms with Gasteiger partial charge in [-0.1, -0.05) is 129 Å². The molecule has 280 valence electrons. The van der Waals surface area contributed by atoms with Gasteiger partial charge in [0.15, 0.2) is 0 Å². The molecule has 0 radical (unpaired) electrons. The minimum absolute atomic E-state index is 0.243. The molecule has 0 unspecified atom stereocenters. The van der Waals surface area contributed by atoms with Gasteiger partial charge in [-0.05, 0) is 88.7 Å². The summed E-state index contributed by atoms with van der Waals surface area (Å²) in [4.78, 5) is 13.6. The van der Waals surface area contributed by atoms with Crippen molar-refractivity contribution < 1.29 is 18.7 Å². The third-order valence-corrected chi connectivity index (χ3v) is 9.85. The maximum absolute atomic E-state index is 14.7. The molecule has 0 atom stereocenters. The minimum atomic E-state index is -0.552. The number of aryl methyl sites for hydroxylation is 1. The van der Waals surface area contributed by atoms with Crippen LogP contribution in [0.4, 0.5) is 4.39 Å². The molecule has 0 fully saturated rings. The van der Waals surface area contributed by atoms with Crippen LogP contribution in [-0.4, -0.2) is 18.8 Å². The summed E-state index contributed by atoms with van der Waals surface area (Å²) in [5.74, 6) is -0.745. The van der Waals surface area contributed by atoms with Gasteiger partial charge in [-0.25, -0.2) is 9.18 Å². The highest BCUT2D eigenvalue weighted by Crippen LogP contribution is 2.28. The first-order chi connectivity index (χ1) is 28.0. The van der Waals surface area contributed by atoms with Crippen molar-refractivity contribution in [1.29, 1.82) is 5.26 Å². The molecule has 0 saturated heterocycles. The third kappa shape index (κ3) is 9.38. The Hall–Kier alpha value is -7.17. The van der Waals surface area contributed by atoms with Crippen molar-refractivity contribution in [1.82, 2.24) is 0 Å². The largest absolute Gasteiger partial charge is 0.502 e. The van der Waals surface area contributed by atoms with Crippen molar-refractivity contribution >= 4 is 33.7 Å². The molecule has 0 aliphatic carbocycles. The van der Waals surface area contributed by atoms with Crippen molar-refractivity contribution in [3.63, 3.8) is 0 Å². The summed E-state index contributed by atoms with van der Waals surface area (Å²) >= 11 is 0. The van der Waals surface area contributed by atoms with Crippen molar-refractivity contribution in [2.75, 3.05) is 6.61 Å². The smallest absolute Gasteiger partial charge is 0.343 e. The number of unbranched alkanes of at least 4 members (excludes halogenated alkanes) is 3. The zero-order valence-electron chi connectivity index (χ0n) is 31.4. The second kappa shape index (κ2) is 18.4. The Bertz CT molecular complexity index is 2640. The molecule has 0 aromatic heterocycles. The van der Waals surface area contributed by atoms with Crippen LogP contribution in [0.2, 0.25) is 0 Å². The molecule has 6 nitrogen and oxygen atoms in total. The van der Waals surface area contributed by atoms with E-state index in [1.165, 1.54) is 17.9 Å². The Kier molecular flexibility index (Phi) is 12.3. The Labute approximate surface area is 331 Å². The Morgan fingerprint density at radius 2 is 1.37 bits per heavy atom. The van der Waals surface area contributed by atoms with E-state index >= 15 is 0 Å². The molecule has 7 heteroatoms. The second-order valence-electron chi connectivity index (χ2n) is 13.6. The van der Waals surface area contributed by atoms with Crippen molar-refractivity contribution in [3.05, 3.63) is 192 Å². The molecule has 7 aromatic carbocycles. The zero-order valence-corrected chi connectivity index (χ0v) is 31.4. The monoisotopic (exact) mass is 749 g/mol. The summed E-state index contributed by atoms with van der Waals surface area (Å²) in [6.07, 6.45) is 8.53. The van der Waals surface area contributed by atoms with Crippen LogP contribution in [0.25, 0.3) is 43.8 Å². The maximum Gasteiger partial charge on any atom is 0.343 e. The van der Waals surface area contributed by atoms with E-state index < -0.39 is 11.8 Å². The normalized spacial score (nSPS) is 11.0. The predicted molar refractivity (Wildman–Crippen MR) is 226 cm³/mol. The molecule has 0 aliphatic rings. The third-order valence-electron chi connectivity index (χ3n) is 9.85. The van der Waals surface area contributed by atoms with Crippen LogP contribution in [0.3, 0.4) is 0 Å². The SMILES string of the molecule is C=COCCCCCCc1ccc(-c2ccc(C(=O)Oc3ccc(-c4ccc(C#N)cc4F)cc3)cc2/C=N/N=c2c3ccccc3ccc3ccccc23)cc1. The van der Waals surface area contributed by atoms with Crippen LogP contribution in [0, 0.1) is 17.1 Å². The van der Waals surface area contributed by atoms with Crippen LogP contribution >= 0.6 is 0 Å². The topological polar surface area (TPSA) is 84.0 Å². The van der Waals surface area contributed by atoms with Gasteiger partial charge < -0.3 is 9.47 Å². The number of carbonyl (C=O) groups is 1. The standard InChI is InChI=1S/C50H40FN3O3/c1-2-56-30-10-4-3-5-11-35-16-19-39(20-17-35)44-29-25-41(50(55)57-43-26-23-40(24-27-43)45-28-18-36(33-52)31-48(45)51)32-42(44)34-53-54-49-46-14-8-6-12-37(46)21-22-38-13-7-9-15-47(38)49/h2,6-9,12-29,31-32,34H,1,3-5,10-11,30H2/b53-34+. The molecule has 57 heavy (non-hydrogen) atoms. The van der Waals surface area contributed by atoms with Crippen LogP contribution in [-0.2, 0) is 11.2 Å². The van der Waals surface area contributed by atoms with E-state index in [1.54, 1.807) is 54.7 Å². The van der Waals surface area contributed by atoms with Gasteiger partial charge in [-0.2, -0.15) is 10.4 Å². The lowest BCUT2D eigenvalue weighted by Crippen LogP contribution is -2.09. The quantitative estimate of drug-likeness (QED) is 0.0277. The lowest BCUT2D eigenvalue weighted by molar-refractivity contribution is 0.0734. The van der Waals surface area contributed by atoms with Crippen LogP contribution in [0.5, 0.6) is 5.75 Å². The summed E-state index contributed by atoms with van der Waals surface area (Å²) in [6, 6.07) is 47.2. The highest BCUT2D eigenvalue weighted by Gasteiger charge is 2.14. The molecule has 0 amide bonds. The van der Waals surface area contributed by atoms with E-state index in [4.69, 9.17) is 19.8 Å². The van der Waals surface area contributed by atoms with Gasteiger partial charge in [-0.15, -0.1) is 5.10 Å². The Morgan fingerprint density at radius 1 is 0.719 bits per heavy atom. The number of nitriles is 1. The summed E-state index contributed by atoms with van der Waals surface area (Å²) in [7, 11) is 0. The number of halogens is 1. The van der Waals surface area contributed by atoms with E-state index in [0.717, 1.165) is 70.1 Å². The minimum Gasteiger partial charge on any atom is -0.502 e. The lowest BCUT2D eigenvalue weighted by Gasteiger charge is -2.11. The van der Waals surface area contributed by atoms with Crippen molar-refractivity contribution in [3.8, 4) is 34.1 Å². The first-order valence-electron chi connectivity index (χ1n) is 19.0. The maximum atomic E-state index is 14.7. The molecule has 0 spiro atoms. The fourth-order valence-electron chi connectivity index (χ4n) is 6.85. The molecule has 0 aliphatic heterocycles. The van der Waals surface area contributed by atoms with E-state index in [2.05, 4.69) is 60.2 Å². The molecule has 0 N–H and O–H groups in total. The number of hydrogen-bond donors (Lipinski definition) is 0. The number of ether oxygens (including phenoxy) is 2. The van der Waals surface area contributed by atoms with Crippen LogP contribution in [0.15, 0.2) is 169 Å². The molecular weight excluding hydrogens is 710 g/mol. The van der Waals surface area contributed by atoms with E-state index in [1.807, 2.05) is 48.5 Å². The summed E-state index contributed by atoms with van der Waals surface area (Å²) in [5.41, 5.74) is 5.35. The molecule has 0 bridgehead atoms. The van der Waals surface area contributed by atoms with E-state index in [-0.39, 0.29) is 5.56 Å². The van der Waals surface area contributed by atoms with Crippen molar-refractivity contribution in [2.24, 2.45) is 10.2 Å². The number of esters is 1. The van der Waals surface area contributed by atoms with Gasteiger partial charge in [0, 0.05) is 21.9 Å². The van der Waals surface area contributed by atoms with Gasteiger partial charge in [-0.3, -0.25) is 0 Å². The molecule has 7 rings (SSSR count). The van der Waals surface area contributed by atoms with Crippen LogP contribution in [0.1, 0.15) is 52.7 Å². The van der Waals surface area contributed by atoms with Crippen LogP contribution < -0.4 is 10.1 Å². The number of rotatable bonds is 14.